The molecule has 0 fully saturated rings. The third kappa shape index (κ3) is 3.90. The average molecular weight is 440 g/mol. The maximum Gasteiger partial charge on any atom is 0.287 e. The number of hydrogen-bond acceptors (Lipinski definition) is 3. The van der Waals surface area contributed by atoms with E-state index in [1.807, 2.05) is 30.5 Å². The number of hydrogen-bond donors (Lipinski definition) is 0. The van der Waals surface area contributed by atoms with E-state index in [1.165, 1.54) is 6.07 Å². The van der Waals surface area contributed by atoms with Crippen LogP contribution < -0.4 is 5.56 Å². The van der Waals surface area contributed by atoms with Crippen LogP contribution in [0.5, 0.6) is 0 Å². The van der Waals surface area contributed by atoms with Crippen molar-refractivity contribution >= 4 is 15.9 Å². The lowest BCUT2D eigenvalue weighted by Crippen LogP contribution is -2.22. The number of benzene rings is 2. The summed E-state index contributed by atoms with van der Waals surface area (Å²) >= 11 is 3.28. The summed E-state index contributed by atoms with van der Waals surface area (Å²) in [6.45, 7) is 4.11. The van der Waals surface area contributed by atoms with Gasteiger partial charge in [0.25, 0.3) is 5.56 Å². The highest BCUT2D eigenvalue weighted by Gasteiger charge is 2.15. The van der Waals surface area contributed by atoms with Crippen LogP contribution in [0.4, 0.5) is 4.39 Å². The first-order valence-electron chi connectivity index (χ1n) is 9.00. The first-order chi connectivity index (χ1) is 13.5. The first-order valence-corrected chi connectivity index (χ1v) is 9.79. The summed E-state index contributed by atoms with van der Waals surface area (Å²) in [6.07, 6.45) is 1.47. The minimum Gasteiger partial charge on any atom is -0.328 e. The van der Waals surface area contributed by atoms with Gasteiger partial charge in [-0.3, -0.25) is 4.79 Å². The zero-order valence-corrected chi connectivity index (χ0v) is 17.3. The highest BCUT2D eigenvalue weighted by atomic mass is 79.9. The number of halogens is 2. The van der Waals surface area contributed by atoms with Crippen molar-refractivity contribution in [2.24, 2.45) is 0 Å². The Morgan fingerprint density at radius 3 is 2.68 bits per heavy atom. The highest BCUT2D eigenvalue weighted by molar-refractivity contribution is 9.10. The summed E-state index contributed by atoms with van der Waals surface area (Å²) in [5, 5.41) is 9.27. The molecule has 0 amide bonds. The molecule has 0 N–H and O–H groups in total. The highest BCUT2D eigenvalue weighted by Crippen LogP contribution is 2.26. The van der Waals surface area contributed by atoms with Crippen LogP contribution in [0.2, 0.25) is 0 Å². The van der Waals surface area contributed by atoms with E-state index in [4.69, 9.17) is 0 Å². The van der Waals surface area contributed by atoms with Crippen molar-refractivity contribution in [2.75, 3.05) is 0 Å². The van der Waals surface area contributed by atoms with Crippen molar-refractivity contribution in [3.05, 3.63) is 85.8 Å². The van der Waals surface area contributed by atoms with Crippen LogP contribution in [0.3, 0.4) is 0 Å². The molecule has 0 aliphatic carbocycles. The van der Waals surface area contributed by atoms with Gasteiger partial charge in [-0.05, 0) is 52.5 Å². The van der Waals surface area contributed by atoms with E-state index in [2.05, 4.69) is 27.0 Å². The summed E-state index contributed by atoms with van der Waals surface area (Å²) in [5.41, 5.74) is 2.78. The second-order valence-electron chi connectivity index (χ2n) is 6.53. The number of nitriles is 1. The maximum atomic E-state index is 14.9. The van der Waals surface area contributed by atoms with Gasteiger partial charge in [0.1, 0.15) is 16.1 Å². The van der Waals surface area contributed by atoms with E-state index < -0.39 is 0 Å². The van der Waals surface area contributed by atoms with Gasteiger partial charge in [-0.25, -0.2) is 4.39 Å². The lowest BCUT2D eigenvalue weighted by Gasteiger charge is -2.17. The van der Waals surface area contributed by atoms with E-state index in [0.717, 1.165) is 12.1 Å². The van der Waals surface area contributed by atoms with Gasteiger partial charge in [0.15, 0.2) is 0 Å². The molecule has 1 aromatic heterocycles. The molecule has 1 heterocycles. The predicted octanol–water partition coefficient (Wildman–Crippen LogP) is 4.99. The average Bonchev–Trinajstić information content (AvgIpc) is 2.70. The minimum absolute atomic E-state index is 0.277. The first kappa shape index (κ1) is 20.0. The van der Waals surface area contributed by atoms with E-state index in [-0.39, 0.29) is 17.9 Å². The molecule has 2 aromatic carbocycles. The molecule has 3 rings (SSSR count). The van der Waals surface area contributed by atoms with Crippen molar-refractivity contribution < 1.29 is 4.39 Å². The Morgan fingerprint density at radius 1 is 1.25 bits per heavy atom. The van der Waals surface area contributed by atoms with E-state index in [1.54, 1.807) is 24.3 Å². The molecule has 0 radical (unpaired) electrons. The van der Waals surface area contributed by atoms with Crippen molar-refractivity contribution in [1.82, 2.24) is 9.55 Å². The smallest absolute Gasteiger partial charge is 0.287 e. The van der Waals surface area contributed by atoms with Gasteiger partial charge in [0.2, 0.25) is 0 Å². The van der Waals surface area contributed by atoms with Gasteiger partial charge in [0, 0.05) is 17.7 Å². The van der Waals surface area contributed by atoms with Crippen LogP contribution in [-0.2, 0) is 13.0 Å². The molecule has 4 nitrogen and oxygen atoms in total. The predicted molar refractivity (Wildman–Crippen MR) is 111 cm³/mol. The monoisotopic (exact) mass is 439 g/mol. The Balaban J connectivity index is 2.02. The van der Waals surface area contributed by atoms with Gasteiger partial charge in [-0.1, -0.05) is 37.3 Å². The minimum atomic E-state index is -0.359. The molecule has 3 aromatic rings. The van der Waals surface area contributed by atoms with E-state index >= 15 is 0 Å². The molecule has 6 heteroatoms. The van der Waals surface area contributed by atoms with Crippen LogP contribution in [0.25, 0.3) is 11.1 Å². The normalized spacial score (nSPS) is 10.7. The fraction of sp³-hybridized carbons (Fsp3) is 0.227. The lowest BCUT2D eigenvalue weighted by molar-refractivity contribution is 0.581. The molecule has 0 spiro atoms. The fourth-order valence-electron chi connectivity index (χ4n) is 3.16. The van der Waals surface area contributed by atoms with Crippen LogP contribution in [0.15, 0.2) is 51.7 Å². The van der Waals surface area contributed by atoms with Gasteiger partial charge in [0.05, 0.1) is 18.2 Å². The van der Waals surface area contributed by atoms with Gasteiger partial charge in [-0.15, -0.1) is 0 Å². The third-order valence-corrected chi connectivity index (χ3v) is 5.58. The third-order valence-electron chi connectivity index (χ3n) is 4.67. The van der Waals surface area contributed by atoms with Gasteiger partial charge < -0.3 is 4.57 Å². The Labute approximate surface area is 171 Å². The molecule has 0 bridgehead atoms. The molecular weight excluding hydrogens is 421 g/mol. The fourth-order valence-corrected chi connectivity index (χ4v) is 3.47. The molecule has 28 heavy (non-hydrogen) atoms. The van der Waals surface area contributed by atoms with Crippen molar-refractivity contribution in [3.63, 3.8) is 0 Å². The van der Waals surface area contributed by atoms with Crippen LogP contribution in [0, 0.1) is 24.1 Å². The molecular formula is C22H19BrFN3O. The summed E-state index contributed by atoms with van der Waals surface area (Å²) in [5.74, 6) is 0.286. The summed E-state index contributed by atoms with van der Waals surface area (Å²) < 4.78 is 17.2. The largest absolute Gasteiger partial charge is 0.328 e. The molecule has 0 saturated carbocycles. The van der Waals surface area contributed by atoms with Crippen LogP contribution in [-0.4, -0.2) is 9.55 Å². The van der Waals surface area contributed by atoms with E-state index in [9.17, 15) is 14.4 Å². The SMILES string of the molecule is CCCc1nc(=O)c(Br)c(C)n1Cc1ccc(-c2ccccc2C#N)cc1F. The molecule has 0 unspecified atom stereocenters. The zero-order valence-electron chi connectivity index (χ0n) is 15.7. The maximum absolute atomic E-state index is 14.9. The van der Waals surface area contributed by atoms with Crippen molar-refractivity contribution in [2.45, 2.75) is 33.2 Å². The lowest BCUT2D eigenvalue weighted by atomic mass is 9.99. The van der Waals surface area contributed by atoms with E-state index in [0.29, 0.717) is 39.0 Å². The summed E-state index contributed by atoms with van der Waals surface area (Å²) in [4.78, 5) is 16.1. The number of nitrogens with zero attached hydrogens (tertiary/aromatic N) is 3. The molecule has 0 aliphatic rings. The number of aryl methyl sites for hydroxylation is 1. The Morgan fingerprint density at radius 2 is 2.00 bits per heavy atom. The topological polar surface area (TPSA) is 58.7 Å². The second kappa shape index (κ2) is 8.49. The molecule has 142 valence electrons. The standard InChI is InChI=1S/C22H19BrFN3O/c1-3-6-20-26-22(28)21(23)14(2)27(20)13-17-10-9-15(11-19(17)24)18-8-5-4-7-16(18)12-25/h4-5,7-11H,3,6,13H2,1-2H3. The molecule has 0 saturated heterocycles. The van der Waals surface area contributed by atoms with Crippen LogP contribution in [0.1, 0.15) is 36.0 Å². The van der Waals surface area contributed by atoms with Gasteiger partial charge in [-0.2, -0.15) is 10.2 Å². The number of rotatable bonds is 5. The Bertz CT molecular complexity index is 1130. The van der Waals surface area contributed by atoms with Crippen molar-refractivity contribution in [3.8, 4) is 17.2 Å². The van der Waals surface area contributed by atoms with Gasteiger partial charge >= 0.3 is 0 Å². The molecule has 0 aliphatic heterocycles. The van der Waals surface area contributed by atoms with Crippen molar-refractivity contribution in [1.29, 1.82) is 5.26 Å². The Kier molecular flexibility index (Phi) is 6.05. The summed E-state index contributed by atoms with van der Waals surface area (Å²) in [7, 11) is 0. The number of aromatic nitrogens is 2. The zero-order chi connectivity index (χ0) is 20.3. The Hall–Kier alpha value is -2.78. The summed E-state index contributed by atoms with van der Waals surface area (Å²) in [6, 6.07) is 14.3. The quantitative estimate of drug-likeness (QED) is 0.562. The van der Waals surface area contributed by atoms with Crippen LogP contribution >= 0.6 is 15.9 Å². The molecule has 0 atom stereocenters. The second-order valence-corrected chi connectivity index (χ2v) is 7.33.